The molecule has 2 heterocycles. The summed E-state index contributed by atoms with van der Waals surface area (Å²) in [5.74, 6) is 1.56. The molecule has 0 atom stereocenters. The van der Waals surface area contributed by atoms with Gasteiger partial charge in [0.15, 0.2) is 17.3 Å². The number of hydrogen-bond donors (Lipinski definition) is 0. The van der Waals surface area contributed by atoms with E-state index in [0.717, 1.165) is 28.0 Å². The third-order valence-electron chi connectivity index (χ3n) is 4.96. The van der Waals surface area contributed by atoms with Crippen LogP contribution < -0.4 is 9.47 Å². The molecule has 28 heavy (non-hydrogen) atoms. The molecule has 0 radical (unpaired) electrons. The van der Waals surface area contributed by atoms with E-state index in [1.165, 1.54) is 0 Å². The number of para-hydroxylation sites is 1. The monoisotopic (exact) mass is 399 g/mol. The number of ketones is 1. The number of aromatic nitrogens is 1. The van der Waals surface area contributed by atoms with Crippen molar-refractivity contribution in [1.82, 2.24) is 4.57 Å². The van der Waals surface area contributed by atoms with Crippen molar-refractivity contribution in [2.75, 3.05) is 26.9 Å². The summed E-state index contributed by atoms with van der Waals surface area (Å²) in [6.45, 7) is 2.31. The first-order valence-electron chi connectivity index (χ1n) is 9.36. The number of carbonyl (C=O) groups is 1. The van der Waals surface area contributed by atoms with E-state index in [1.54, 1.807) is 7.11 Å². The molecule has 0 unspecified atom stereocenters. The van der Waals surface area contributed by atoms with Gasteiger partial charge in [0.1, 0.15) is 13.2 Å². The van der Waals surface area contributed by atoms with Gasteiger partial charge in [-0.1, -0.05) is 29.8 Å². The zero-order valence-corrected chi connectivity index (χ0v) is 16.5. The molecule has 6 heteroatoms. The number of hydrogen-bond acceptors (Lipinski definition) is 4. The second kappa shape index (κ2) is 8.25. The van der Waals surface area contributed by atoms with Crippen molar-refractivity contribution in [2.24, 2.45) is 0 Å². The van der Waals surface area contributed by atoms with Crippen LogP contribution in [0.15, 0.2) is 42.6 Å². The lowest BCUT2D eigenvalue weighted by molar-refractivity contribution is 0.0983. The Labute approximate surface area is 168 Å². The molecule has 1 aliphatic rings. The van der Waals surface area contributed by atoms with Gasteiger partial charge in [0.2, 0.25) is 0 Å². The summed E-state index contributed by atoms with van der Waals surface area (Å²) >= 11 is 6.43. The number of ether oxygens (including phenoxy) is 3. The van der Waals surface area contributed by atoms with Gasteiger partial charge in [-0.2, -0.15) is 0 Å². The van der Waals surface area contributed by atoms with E-state index >= 15 is 0 Å². The molecule has 1 aliphatic heterocycles. The number of benzene rings is 2. The number of aryl methyl sites for hydroxylation is 1. The SMILES string of the molecule is COCCn1cc(C(=O)CCc2cccc3c2OCCO3)c2c(Cl)cccc21. The molecule has 0 spiro atoms. The minimum atomic E-state index is 0.0589. The highest BCUT2D eigenvalue weighted by Crippen LogP contribution is 2.35. The molecule has 0 aliphatic carbocycles. The van der Waals surface area contributed by atoms with Gasteiger partial charge >= 0.3 is 0 Å². The zero-order chi connectivity index (χ0) is 19.5. The standard InChI is InChI=1S/C22H22ClNO4/c1-26-11-10-24-14-16(21-17(23)5-3-6-18(21)24)19(25)9-8-15-4-2-7-20-22(15)28-13-12-27-20/h2-7,14H,8-13H2,1H3. The van der Waals surface area contributed by atoms with Crippen LogP contribution >= 0.6 is 11.6 Å². The topological polar surface area (TPSA) is 49.7 Å². The maximum atomic E-state index is 13.1. The molecule has 0 bridgehead atoms. The number of nitrogens with zero attached hydrogens (tertiary/aromatic N) is 1. The summed E-state index contributed by atoms with van der Waals surface area (Å²) in [4.78, 5) is 13.1. The second-order valence-electron chi connectivity index (χ2n) is 6.73. The number of halogens is 1. The number of fused-ring (bicyclic) bond motifs is 2. The van der Waals surface area contributed by atoms with Crippen LogP contribution in [-0.4, -0.2) is 37.3 Å². The molecule has 0 saturated carbocycles. The summed E-state index contributed by atoms with van der Waals surface area (Å²) in [5.41, 5.74) is 2.58. The van der Waals surface area contributed by atoms with E-state index in [-0.39, 0.29) is 5.78 Å². The number of Topliss-reactive ketones (excluding diaryl/α,β-unsaturated/α-hetero) is 1. The maximum Gasteiger partial charge on any atom is 0.165 e. The largest absolute Gasteiger partial charge is 0.486 e. The molecule has 0 N–H and O–H groups in total. The molecule has 4 rings (SSSR count). The first-order chi connectivity index (χ1) is 13.7. The van der Waals surface area contributed by atoms with Gasteiger partial charge in [-0.25, -0.2) is 0 Å². The Morgan fingerprint density at radius 1 is 1.18 bits per heavy atom. The number of carbonyl (C=O) groups excluding carboxylic acids is 1. The van der Waals surface area contributed by atoms with Crippen LogP contribution in [0.1, 0.15) is 22.3 Å². The van der Waals surface area contributed by atoms with Crippen LogP contribution in [0.25, 0.3) is 10.9 Å². The predicted octanol–water partition coefficient (Wildman–Crippen LogP) is 4.53. The number of methoxy groups -OCH3 is 1. The normalized spacial score (nSPS) is 13.1. The third kappa shape index (κ3) is 3.60. The average Bonchev–Trinajstić information content (AvgIpc) is 3.10. The lowest BCUT2D eigenvalue weighted by Crippen LogP contribution is -2.16. The fraction of sp³-hybridized carbons (Fsp3) is 0.318. The second-order valence-corrected chi connectivity index (χ2v) is 7.13. The van der Waals surface area contributed by atoms with Gasteiger partial charge in [-0.05, 0) is 30.2 Å². The smallest absolute Gasteiger partial charge is 0.165 e. The molecular formula is C22H22ClNO4. The average molecular weight is 400 g/mol. The molecule has 146 valence electrons. The first-order valence-corrected chi connectivity index (χ1v) is 9.74. The summed E-state index contributed by atoms with van der Waals surface area (Å²) < 4.78 is 18.6. The lowest BCUT2D eigenvalue weighted by Gasteiger charge is -2.20. The van der Waals surface area contributed by atoms with E-state index in [9.17, 15) is 4.79 Å². The van der Waals surface area contributed by atoms with Gasteiger partial charge in [0, 0.05) is 37.2 Å². The Kier molecular flexibility index (Phi) is 5.55. The molecular weight excluding hydrogens is 378 g/mol. The summed E-state index contributed by atoms with van der Waals surface area (Å²) in [6.07, 6.45) is 2.84. The minimum Gasteiger partial charge on any atom is -0.486 e. The van der Waals surface area contributed by atoms with Crippen LogP contribution in [0, 0.1) is 0 Å². The summed E-state index contributed by atoms with van der Waals surface area (Å²) in [6, 6.07) is 11.5. The molecule has 2 aromatic carbocycles. The van der Waals surface area contributed by atoms with Crippen LogP contribution in [-0.2, 0) is 17.7 Å². The highest BCUT2D eigenvalue weighted by Gasteiger charge is 2.20. The van der Waals surface area contributed by atoms with Crippen molar-refractivity contribution in [1.29, 1.82) is 0 Å². The fourth-order valence-corrected chi connectivity index (χ4v) is 3.88. The van der Waals surface area contributed by atoms with Gasteiger partial charge < -0.3 is 18.8 Å². The lowest BCUT2D eigenvalue weighted by atomic mass is 10.0. The van der Waals surface area contributed by atoms with Crippen LogP contribution in [0.3, 0.4) is 0 Å². The van der Waals surface area contributed by atoms with Crippen molar-refractivity contribution < 1.29 is 19.0 Å². The van der Waals surface area contributed by atoms with Gasteiger partial charge in [-0.15, -0.1) is 0 Å². The Hall–Kier alpha value is -2.50. The maximum absolute atomic E-state index is 13.1. The van der Waals surface area contributed by atoms with Crippen LogP contribution in [0.5, 0.6) is 11.5 Å². The Morgan fingerprint density at radius 2 is 2.00 bits per heavy atom. The first kappa shape index (κ1) is 18.8. The van der Waals surface area contributed by atoms with E-state index in [4.69, 9.17) is 25.8 Å². The van der Waals surface area contributed by atoms with E-state index in [0.29, 0.717) is 49.8 Å². The van der Waals surface area contributed by atoms with Crippen molar-refractivity contribution >= 4 is 28.3 Å². The minimum absolute atomic E-state index is 0.0589. The predicted molar refractivity (Wildman–Crippen MR) is 109 cm³/mol. The highest BCUT2D eigenvalue weighted by atomic mass is 35.5. The van der Waals surface area contributed by atoms with E-state index in [1.807, 2.05) is 47.2 Å². The van der Waals surface area contributed by atoms with Crippen LogP contribution in [0.4, 0.5) is 0 Å². The van der Waals surface area contributed by atoms with Crippen molar-refractivity contribution in [3.05, 3.63) is 58.7 Å². The molecule has 5 nitrogen and oxygen atoms in total. The summed E-state index contributed by atoms with van der Waals surface area (Å²) in [5, 5.41) is 1.39. The fourth-order valence-electron chi connectivity index (χ4n) is 3.61. The van der Waals surface area contributed by atoms with Gasteiger partial charge in [-0.3, -0.25) is 4.79 Å². The van der Waals surface area contributed by atoms with Crippen LogP contribution in [0.2, 0.25) is 5.02 Å². The molecule has 1 aromatic heterocycles. The Morgan fingerprint density at radius 3 is 2.86 bits per heavy atom. The summed E-state index contributed by atoms with van der Waals surface area (Å²) in [7, 11) is 1.66. The molecule has 0 amide bonds. The van der Waals surface area contributed by atoms with E-state index < -0.39 is 0 Å². The third-order valence-corrected chi connectivity index (χ3v) is 5.28. The molecule has 3 aromatic rings. The highest BCUT2D eigenvalue weighted by molar-refractivity contribution is 6.37. The Balaban J connectivity index is 1.60. The quantitative estimate of drug-likeness (QED) is 0.548. The van der Waals surface area contributed by atoms with Crippen molar-refractivity contribution in [2.45, 2.75) is 19.4 Å². The van der Waals surface area contributed by atoms with Gasteiger partial charge in [0.05, 0.1) is 17.1 Å². The van der Waals surface area contributed by atoms with Gasteiger partial charge in [0.25, 0.3) is 0 Å². The van der Waals surface area contributed by atoms with Crippen molar-refractivity contribution in [3.63, 3.8) is 0 Å². The number of rotatable bonds is 7. The zero-order valence-electron chi connectivity index (χ0n) is 15.7. The van der Waals surface area contributed by atoms with E-state index in [2.05, 4.69) is 0 Å². The molecule has 0 saturated heterocycles. The Bertz CT molecular complexity index is 1010. The van der Waals surface area contributed by atoms with Crippen molar-refractivity contribution in [3.8, 4) is 11.5 Å². The molecule has 0 fully saturated rings.